The highest BCUT2D eigenvalue weighted by atomic mass is 32.2. The third kappa shape index (κ3) is 7.11. The molecule has 2 amide bonds. The molecule has 0 spiro atoms. The molecule has 0 aromatic carbocycles. The van der Waals surface area contributed by atoms with E-state index in [9.17, 15) is 13.2 Å². The van der Waals surface area contributed by atoms with E-state index in [1.807, 2.05) is 0 Å². The Bertz CT molecular complexity index is 222. The van der Waals surface area contributed by atoms with E-state index in [1.54, 1.807) is 0 Å². The molecule has 0 rings (SSSR count). The fourth-order valence-electron chi connectivity index (χ4n) is 0.438. The maximum atomic E-state index is 10.5. The topological polar surface area (TPSA) is 75.3 Å². The van der Waals surface area contributed by atoms with Gasteiger partial charge in [-0.1, -0.05) is 0 Å². The summed E-state index contributed by atoms with van der Waals surface area (Å²) in [5.74, 6) is -0.0274. The average molecular weight is 180 g/mol. The van der Waals surface area contributed by atoms with Gasteiger partial charge >= 0.3 is 6.03 Å². The van der Waals surface area contributed by atoms with Crippen LogP contribution in [0.25, 0.3) is 0 Å². The van der Waals surface area contributed by atoms with Crippen LogP contribution in [-0.2, 0) is 9.84 Å². The van der Waals surface area contributed by atoms with E-state index in [4.69, 9.17) is 0 Å². The van der Waals surface area contributed by atoms with Gasteiger partial charge in [-0.25, -0.2) is 13.2 Å². The molecule has 0 aliphatic heterocycles. The van der Waals surface area contributed by atoms with Gasteiger partial charge in [0.1, 0.15) is 9.84 Å². The molecular weight excluding hydrogens is 168 g/mol. The van der Waals surface area contributed by atoms with Crippen LogP contribution in [0.15, 0.2) is 0 Å². The van der Waals surface area contributed by atoms with Crippen LogP contribution in [0.1, 0.15) is 0 Å². The molecule has 11 heavy (non-hydrogen) atoms. The first-order chi connectivity index (χ1) is 4.95. The largest absolute Gasteiger partial charge is 0.341 e. The van der Waals surface area contributed by atoms with Crippen LogP contribution in [-0.4, -0.2) is 40.0 Å². The van der Waals surface area contributed by atoms with Crippen molar-refractivity contribution < 1.29 is 13.2 Å². The van der Waals surface area contributed by atoms with Crippen LogP contribution >= 0.6 is 0 Å². The fourth-order valence-corrected chi connectivity index (χ4v) is 0.911. The van der Waals surface area contributed by atoms with Crippen LogP contribution < -0.4 is 10.6 Å². The van der Waals surface area contributed by atoms with Gasteiger partial charge in [0.15, 0.2) is 0 Å². The van der Waals surface area contributed by atoms with Crippen molar-refractivity contribution in [3.05, 3.63) is 0 Å². The number of hydrogen-bond donors (Lipinski definition) is 2. The summed E-state index contributed by atoms with van der Waals surface area (Å²) >= 11 is 0. The Kier molecular flexibility index (Phi) is 3.88. The molecule has 5 nitrogen and oxygen atoms in total. The zero-order valence-corrected chi connectivity index (χ0v) is 7.36. The van der Waals surface area contributed by atoms with Crippen LogP contribution in [0.3, 0.4) is 0 Å². The van der Waals surface area contributed by atoms with E-state index < -0.39 is 9.84 Å². The first-order valence-corrected chi connectivity index (χ1v) is 5.15. The molecular formula is C5H12N2O3S. The van der Waals surface area contributed by atoms with E-state index in [1.165, 1.54) is 7.05 Å². The molecule has 0 aliphatic rings. The van der Waals surface area contributed by atoms with Crippen molar-refractivity contribution in [3.63, 3.8) is 0 Å². The lowest BCUT2D eigenvalue weighted by molar-refractivity contribution is 0.243. The second-order valence-electron chi connectivity index (χ2n) is 2.14. The van der Waals surface area contributed by atoms with Crippen molar-refractivity contribution in [1.29, 1.82) is 0 Å². The standard InChI is InChI=1S/C5H12N2O3S/c1-6-5(8)7-3-4-11(2,9)10/h3-4H2,1-2H3,(H2,6,7,8). The molecule has 0 saturated carbocycles. The first-order valence-electron chi connectivity index (χ1n) is 3.09. The van der Waals surface area contributed by atoms with E-state index in [0.717, 1.165) is 6.26 Å². The molecule has 0 radical (unpaired) electrons. The Hall–Kier alpha value is -0.780. The van der Waals surface area contributed by atoms with E-state index in [2.05, 4.69) is 10.6 Å². The average Bonchev–Trinajstić information content (AvgIpc) is 1.85. The second-order valence-corrected chi connectivity index (χ2v) is 4.40. The SMILES string of the molecule is CNC(=O)NCCS(C)(=O)=O. The summed E-state index contributed by atoms with van der Waals surface area (Å²) in [6.45, 7) is 0.151. The van der Waals surface area contributed by atoms with Crippen LogP contribution in [0.4, 0.5) is 4.79 Å². The molecule has 0 unspecified atom stereocenters. The fraction of sp³-hybridized carbons (Fsp3) is 0.800. The molecule has 0 aromatic heterocycles. The number of nitrogens with one attached hydrogen (secondary N) is 2. The first kappa shape index (κ1) is 10.2. The number of urea groups is 1. The zero-order chi connectivity index (χ0) is 8.91. The highest BCUT2D eigenvalue weighted by Crippen LogP contribution is 1.78. The minimum absolute atomic E-state index is 0.0274. The van der Waals surface area contributed by atoms with Gasteiger partial charge in [-0.15, -0.1) is 0 Å². The van der Waals surface area contributed by atoms with Crippen molar-refractivity contribution in [1.82, 2.24) is 10.6 Å². The lowest BCUT2D eigenvalue weighted by atomic mass is 10.7. The van der Waals surface area contributed by atoms with Gasteiger partial charge < -0.3 is 10.6 Å². The normalized spacial score (nSPS) is 10.7. The van der Waals surface area contributed by atoms with Crippen LogP contribution in [0, 0.1) is 0 Å². The van der Waals surface area contributed by atoms with Gasteiger partial charge in [0.2, 0.25) is 0 Å². The summed E-state index contributed by atoms with van der Waals surface area (Å²) in [6, 6.07) is -0.367. The van der Waals surface area contributed by atoms with Crippen molar-refractivity contribution >= 4 is 15.9 Å². The number of amides is 2. The van der Waals surface area contributed by atoms with Crippen molar-refractivity contribution in [2.75, 3.05) is 25.6 Å². The monoisotopic (exact) mass is 180 g/mol. The lowest BCUT2D eigenvalue weighted by Crippen LogP contribution is -2.35. The highest BCUT2D eigenvalue weighted by molar-refractivity contribution is 7.90. The summed E-state index contributed by atoms with van der Waals surface area (Å²) < 4.78 is 21.1. The highest BCUT2D eigenvalue weighted by Gasteiger charge is 2.01. The quantitative estimate of drug-likeness (QED) is 0.582. The summed E-state index contributed by atoms with van der Waals surface area (Å²) in [4.78, 5) is 10.5. The minimum Gasteiger partial charge on any atom is -0.341 e. The maximum Gasteiger partial charge on any atom is 0.314 e. The number of hydrogen-bond acceptors (Lipinski definition) is 3. The smallest absolute Gasteiger partial charge is 0.314 e. The van der Waals surface area contributed by atoms with Gasteiger partial charge in [0.25, 0.3) is 0 Å². The van der Waals surface area contributed by atoms with Crippen molar-refractivity contribution in [2.45, 2.75) is 0 Å². The van der Waals surface area contributed by atoms with Crippen molar-refractivity contribution in [3.8, 4) is 0 Å². The molecule has 2 N–H and O–H groups in total. The Morgan fingerprint density at radius 2 is 2.00 bits per heavy atom. The van der Waals surface area contributed by atoms with Crippen molar-refractivity contribution in [2.24, 2.45) is 0 Å². The molecule has 0 fully saturated rings. The molecule has 0 atom stereocenters. The Morgan fingerprint density at radius 1 is 1.45 bits per heavy atom. The molecule has 0 aromatic rings. The summed E-state index contributed by atoms with van der Waals surface area (Å²) in [5.41, 5.74) is 0. The lowest BCUT2D eigenvalue weighted by Gasteiger charge is -2.01. The van der Waals surface area contributed by atoms with Crippen LogP contribution in [0.5, 0.6) is 0 Å². The minimum atomic E-state index is -2.97. The summed E-state index contributed by atoms with van der Waals surface area (Å²) in [7, 11) is -1.50. The molecule has 6 heteroatoms. The molecule has 0 bridgehead atoms. The van der Waals surface area contributed by atoms with Gasteiger partial charge in [0.05, 0.1) is 5.75 Å². The van der Waals surface area contributed by atoms with Crippen LogP contribution in [0.2, 0.25) is 0 Å². The van der Waals surface area contributed by atoms with E-state index in [0.29, 0.717) is 0 Å². The Morgan fingerprint density at radius 3 is 2.36 bits per heavy atom. The Balaban J connectivity index is 3.51. The summed E-state index contributed by atoms with van der Waals surface area (Å²) in [5, 5.41) is 4.67. The third-order valence-corrected chi connectivity index (χ3v) is 1.93. The maximum absolute atomic E-state index is 10.5. The second kappa shape index (κ2) is 4.17. The summed E-state index contributed by atoms with van der Waals surface area (Å²) in [6.07, 6.45) is 1.12. The van der Waals surface area contributed by atoms with E-state index in [-0.39, 0.29) is 18.3 Å². The molecule has 0 aliphatic carbocycles. The Labute approximate surface area is 66.1 Å². The molecule has 0 saturated heterocycles. The number of sulfone groups is 1. The number of carbonyl (C=O) groups is 1. The molecule has 66 valence electrons. The number of rotatable bonds is 3. The van der Waals surface area contributed by atoms with E-state index >= 15 is 0 Å². The van der Waals surface area contributed by atoms with Gasteiger partial charge in [-0.05, 0) is 0 Å². The zero-order valence-electron chi connectivity index (χ0n) is 6.55. The number of carbonyl (C=O) groups excluding carboxylic acids is 1. The third-order valence-electron chi connectivity index (χ3n) is 0.985. The predicted octanol–water partition coefficient (Wildman–Crippen LogP) is -1.04. The molecule has 0 heterocycles. The van der Waals surface area contributed by atoms with Gasteiger partial charge in [-0.2, -0.15) is 0 Å². The van der Waals surface area contributed by atoms with Gasteiger partial charge in [-0.3, -0.25) is 0 Å². The predicted molar refractivity (Wildman–Crippen MR) is 42.2 cm³/mol. The van der Waals surface area contributed by atoms with Gasteiger partial charge in [0, 0.05) is 19.8 Å².